The number of rotatable bonds is 2. The molecule has 27 heavy (non-hydrogen) atoms. The topological polar surface area (TPSA) is 81.2 Å². The first-order valence-corrected chi connectivity index (χ1v) is 8.78. The Hall–Kier alpha value is -3.55. The van der Waals surface area contributed by atoms with Crippen molar-refractivity contribution in [2.24, 2.45) is 0 Å². The number of nitrogens with zero attached hydrogens (tertiary/aromatic N) is 7. The minimum Gasteiger partial charge on any atom is -0.329 e. The molecule has 3 aromatic heterocycles. The molecule has 8 nitrogen and oxygen atoms in total. The minimum absolute atomic E-state index is 0.0846. The van der Waals surface area contributed by atoms with Crippen LogP contribution in [0.5, 0.6) is 0 Å². The van der Waals surface area contributed by atoms with Gasteiger partial charge in [-0.15, -0.1) is 10.2 Å². The van der Waals surface area contributed by atoms with E-state index in [0.717, 1.165) is 22.9 Å². The summed E-state index contributed by atoms with van der Waals surface area (Å²) in [6.45, 7) is 3.56. The van der Waals surface area contributed by atoms with Gasteiger partial charge in [0.05, 0.1) is 12.7 Å². The molecule has 0 saturated carbocycles. The van der Waals surface area contributed by atoms with Crippen LogP contribution < -0.4 is 0 Å². The van der Waals surface area contributed by atoms with Gasteiger partial charge in [0.2, 0.25) is 0 Å². The zero-order valence-corrected chi connectivity index (χ0v) is 14.8. The zero-order chi connectivity index (χ0) is 18.4. The molecule has 1 aromatic carbocycles. The number of amides is 1. The van der Waals surface area contributed by atoms with Crippen LogP contribution in [0, 0.1) is 6.92 Å². The fourth-order valence-corrected chi connectivity index (χ4v) is 3.41. The first-order valence-electron chi connectivity index (χ1n) is 8.78. The van der Waals surface area contributed by atoms with Gasteiger partial charge in [0, 0.05) is 30.5 Å². The van der Waals surface area contributed by atoms with Gasteiger partial charge in [0.1, 0.15) is 5.56 Å². The third-order valence-corrected chi connectivity index (χ3v) is 4.81. The predicted octanol–water partition coefficient (Wildman–Crippen LogP) is 1.95. The summed E-state index contributed by atoms with van der Waals surface area (Å²) in [5, 5.41) is 12.9. The van der Waals surface area contributed by atoms with E-state index in [1.165, 1.54) is 0 Å². The quantitative estimate of drug-likeness (QED) is 0.546. The number of carbonyl (C=O) groups excluding carboxylic acids is 1. The average Bonchev–Trinajstić information content (AvgIpc) is 3.31. The normalized spacial score (nSPS) is 13.7. The number of hydrogen-bond donors (Lipinski definition) is 0. The van der Waals surface area contributed by atoms with E-state index in [9.17, 15) is 4.79 Å². The van der Waals surface area contributed by atoms with Gasteiger partial charge in [-0.25, -0.2) is 9.50 Å². The van der Waals surface area contributed by atoms with Crippen LogP contribution in [-0.4, -0.2) is 46.7 Å². The van der Waals surface area contributed by atoms with Crippen LogP contribution in [0.25, 0.3) is 17.0 Å². The molecule has 8 heteroatoms. The van der Waals surface area contributed by atoms with Crippen LogP contribution >= 0.6 is 0 Å². The number of benzene rings is 1. The Morgan fingerprint density at radius 1 is 1.07 bits per heavy atom. The highest BCUT2D eigenvalue weighted by Crippen LogP contribution is 2.23. The second-order valence-corrected chi connectivity index (χ2v) is 6.58. The summed E-state index contributed by atoms with van der Waals surface area (Å²) in [4.78, 5) is 19.3. The molecule has 0 fully saturated rings. The molecule has 1 aliphatic rings. The Morgan fingerprint density at radius 2 is 1.93 bits per heavy atom. The third kappa shape index (κ3) is 2.57. The van der Waals surface area contributed by atoms with Crippen LogP contribution in [0.15, 0.2) is 48.8 Å². The molecule has 0 atom stereocenters. The molecule has 1 amide bonds. The fourth-order valence-electron chi connectivity index (χ4n) is 3.41. The van der Waals surface area contributed by atoms with Crippen molar-refractivity contribution in [3.05, 3.63) is 65.9 Å². The Balaban J connectivity index is 1.45. The number of aromatic nitrogens is 6. The monoisotopic (exact) mass is 359 g/mol. The van der Waals surface area contributed by atoms with E-state index in [1.54, 1.807) is 15.6 Å². The summed E-state index contributed by atoms with van der Waals surface area (Å²) >= 11 is 0. The largest absolute Gasteiger partial charge is 0.329 e. The first-order chi connectivity index (χ1) is 13.2. The van der Waals surface area contributed by atoms with Crippen molar-refractivity contribution < 1.29 is 4.79 Å². The van der Waals surface area contributed by atoms with Crippen LogP contribution in [0.3, 0.4) is 0 Å². The van der Waals surface area contributed by atoms with Gasteiger partial charge in [-0.1, -0.05) is 30.3 Å². The summed E-state index contributed by atoms with van der Waals surface area (Å²) in [6.07, 6.45) is 3.40. The zero-order valence-electron chi connectivity index (χ0n) is 14.8. The fraction of sp³-hybridized carbons (Fsp3) is 0.211. The molecule has 134 valence electrons. The third-order valence-electron chi connectivity index (χ3n) is 4.81. The smallest absolute Gasteiger partial charge is 0.259 e. The molecule has 0 radical (unpaired) electrons. The van der Waals surface area contributed by atoms with Gasteiger partial charge < -0.3 is 9.47 Å². The molecule has 4 heterocycles. The summed E-state index contributed by atoms with van der Waals surface area (Å²) < 4.78 is 3.71. The Labute approximate surface area is 155 Å². The molecule has 0 saturated heterocycles. The van der Waals surface area contributed by atoms with Crippen LogP contribution in [0.1, 0.15) is 21.9 Å². The van der Waals surface area contributed by atoms with Crippen molar-refractivity contribution in [1.82, 2.24) is 34.3 Å². The molecule has 0 N–H and O–H groups in total. The molecule has 0 bridgehead atoms. The summed E-state index contributed by atoms with van der Waals surface area (Å²) in [6, 6.07) is 11.8. The molecule has 5 rings (SSSR count). The molecule has 0 spiro atoms. The highest BCUT2D eigenvalue weighted by atomic mass is 16.2. The van der Waals surface area contributed by atoms with Gasteiger partial charge in [0.25, 0.3) is 5.91 Å². The number of fused-ring (bicyclic) bond motifs is 2. The van der Waals surface area contributed by atoms with Crippen molar-refractivity contribution in [3.63, 3.8) is 0 Å². The van der Waals surface area contributed by atoms with E-state index in [-0.39, 0.29) is 5.91 Å². The number of aryl methyl sites for hydroxylation is 1. The maximum atomic E-state index is 13.0. The summed E-state index contributed by atoms with van der Waals surface area (Å²) in [7, 11) is 0. The van der Waals surface area contributed by atoms with Crippen molar-refractivity contribution in [2.75, 3.05) is 6.54 Å². The Bertz CT molecular complexity index is 1150. The second-order valence-electron chi connectivity index (χ2n) is 6.58. The van der Waals surface area contributed by atoms with Gasteiger partial charge in [-0.2, -0.15) is 5.10 Å². The lowest BCUT2D eigenvalue weighted by Crippen LogP contribution is -2.38. The van der Waals surface area contributed by atoms with Crippen molar-refractivity contribution >= 4 is 11.6 Å². The van der Waals surface area contributed by atoms with Crippen LogP contribution in [-0.2, 0) is 13.1 Å². The lowest BCUT2D eigenvalue weighted by Gasteiger charge is -2.27. The van der Waals surface area contributed by atoms with E-state index in [0.29, 0.717) is 30.8 Å². The standard InChI is InChI=1S/C19H17N7O/c1-13-7-8-26-18(21-13)15(11-20-26)19(27)24-9-10-25-16(12-24)22-23-17(25)14-5-3-2-4-6-14/h2-8,11H,9-10,12H2,1H3. The van der Waals surface area contributed by atoms with Crippen molar-refractivity contribution in [2.45, 2.75) is 20.0 Å². The summed E-state index contributed by atoms with van der Waals surface area (Å²) in [5.74, 6) is 1.54. The molecular formula is C19H17N7O. The maximum absolute atomic E-state index is 13.0. The first kappa shape index (κ1) is 15.7. The lowest BCUT2D eigenvalue weighted by molar-refractivity contribution is 0.0709. The van der Waals surface area contributed by atoms with Crippen LogP contribution in [0.4, 0.5) is 0 Å². The van der Waals surface area contributed by atoms with Gasteiger partial charge in [0.15, 0.2) is 17.3 Å². The molecule has 4 aromatic rings. The maximum Gasteiger partial charge on any atom is 0.259 e. The van der Waals surface area contributed by atoms with E-state index in [1.807, 2.05) is 49.5 Å². The van der Waals surface area contributed by atoms with Crippen molar-refractivity contribution in [3.8, 4) is 11.4 Å². The predicted molar refractivity (Wildman–Crippen MR) is 97.9 cm³/mol. The highest BCUT2D eigenvalue weighted by molar-refractivity contribution is 5.99. The lowest BCUT2D eigenvalue weighted by atomic mass is 10.2. The van der Waals surface area contributed by atoms with E-state index < -0.39 is 0 Å². The molecule has 1 aliphatic heterocycles. The van der Waals surface area contributed by atoms with Gasteiger partial charge in [-0.3, -0.25) is 4.79 Å². The number of hydrogen-bond acceptors (Lipinski definition) is 5. The van der Waals surface area contributed by atoms with Crippen molar-refractivity contribution in [1.29, 1.82) is 0 Å². The Kier molecular flexibility index (Phi) is 3.49. The van der Waals surface area contributed by atoms with Crippen LogP contribution in [0.2, 0.25) is 0 Å². The minimum atomic E-state index is -0.0846. The Morgan fingerprint density at radius 3 is 2.78 bits per heavy atom. The molecule has 0 unspecified atom stereocenters. The molecule has 0 aliphatic carbocycles. The average molecular weight is 359 g/mol. The molecular weight excluding hydrogens is 342 g/mol. The number of carbonyl (C=O) groups is 1. The van der Waals surface area contributed by atoms with E-state index >= 15 is 0 Å². The van der Waals surface area contributed by atoms with Gasteiger partial charge in [-0.05, 0) is 13.0 Å². The summed E-state index contributed by atoms with van der Waals surface area (Å²) in [5.41, 5.74) is 2.97. The van der Waals surface area contributed by atoms with Gasteiger partial charge >= 0.3 is 0 Å². The second kappa shape index (κ2) is 6.01. The highest BCUT2D eigenvalue weighted by Gasteiger charge is 2.27. The van der Waals surface area contributed by atoms with E-state index in [2.05, 4.69) is 24.8 Å². The SMILES string of the molecule is Cc1ccn2ncc(C(=O)N3CCn4c(nnc4-c4ccccc4)C3)c2n1. The van der Waals surface area contributed by atoms with E-state index in [4.69, 9.17) is 0 Å².